The third kappa shape index (κ3) is 6.23. The second kappa shape index (κ2) is 12.6. The maximum atomic E-state index is 13.4. The lowest BCUT2D eigenvalue weighted by Crippen LogP contribution is -2.30. The van der Waals surface area contributed by atoms with Crippen molar-refractivity contribution in [3.63, 3.8) is 0 Å². The summed E-state index contributed by atoms with van der Waals surface area (Å²) in [5.74, 6) is -0.130. The highest BCUT2D eigenvalue weighted by atomic mass is 16.6. The van der Waals surface area contributed by atoms with Gasteiger partial charge >= 0.3 is 0 Å². The number of non-ortho nitro benzene ring substituents is 1. The van der Waals surface area contributed by atoms with Crippen molar-refractivity contribution in [1.82, 2.24) is 14.9 Å². The van der Waals surface area contributed by atoms with E-state index in [1.807, 2.05) is 42.6 Å². The zero-order valence-electron chi connectivity index (χ0n) is 25.2. The molecule has 4 aromatic rings. The largest absolute Gasteiger partial charge is 0.342 e. The standard InChI is InChI=1S/C35H37N7O3/c43-34-32(29-22-28(42(44)45)14-15-30(29)38-34)33(26-8-6-24(7-9-26)16-21-40-17-4-5-18-40)37-27-12-10-25(11-13-27)31-23-36-35(39-31)41-19-2-1-3-20-41/h6-15,22-23,32H,1-5,16-21H2,(H,36,39)(H,38,43). The van der Waals surface area contributed by atoms with Crippen LogP contribution in [0.15, 0.2) is 77.9 Å². The number of nitrogens with zero attached hydrogens (tertiary/aromatic N) is 5. The van der Waals surface area contributed by atoms with E-state index in [4.69, 9.17) is 4.99 Å². The minimum Gasteiger partial charge on any atom is -0.342 e. The molecule has 0 spiro atoms. The van der Waals surface area contributed by atoms with Crippen molar-refractivity contribution < 1.29 is 9.72 Å². The van der Waals surface area contributed by atoms with Crippen LogP contribution in [0, 0.1) is 10.1 Å². The number of hydrogen-bond donors (Lipinski definition) is 2. The minimum atomic E-state index is -0.783. The molecule has 45 heavy (non-hydrogen) atoms. The Morgan fingerprint density at radius 2 is 1.67 bits per heavy atom. The number of aromatic amines is 1. The van der Waals surface area contributed by atoms with E-state index in [0.717, 1.165) is 61.9 Å². The number of carbonyl (C=O) groups excluding carboxylic acids is 1. The van der Waals surface area contributed by atoms with Crippen molar-refractivity contribution in [3.8, 4) is 11.3 Å². The summed E-state index contributed by atoms with van der Waals surface area (Å²) in [4.78, 5) is 42.5. The first-order chi connectivity index (χ1) is 22.0. The number of nitrogens with one attached hydrogen (secondary N) is 2. The van der Waals surface area contributed by atoms with Crippen LogP contribution in [0.3, 0.4) is 0 Å². The first kappa shape index (κ1) is 28.9. The molecule has 2 saturated heterocycles. The van der Waals surface area contributed by atoms with E-state index >= 15 is 0 Å². The fourth-order valence-electron chi connectivity index (χ4n) is 6.64. The lowest BCUT2D eigenvalue weighted by molar-refractivity contribution is -0.384. The summed E-state index contributed by atoms with van der Waals surface area (Å²) in [6.45, 7) is 5.39. The Bertz CT molecular complexity index is 1720. The number of aliphatic imine (C=N–C) groups is 1. The number of aromatic nitrogens is 2. The molecule has 0 aliphatic carbocycles. The average Bonchev–Trinajstić information content (AvgIpc) is 3.84. The summed E-state index contributed by atoms with van der Waals surface area (Å²) < 4.78 is 0. The highest BCUT2D eigenvalue weighted by Crippen LogP contribution is 2.38. The molecule has 10 heteroatoms. The number of carbonyl (C=O) groups is 1. The van der Waals surface area contributed by atoms with Crippen LogP contribution in [0.5, 0.6) is 0 Å². The van der Waals surface area contributed by atoms with E-state index in [1.165, 1.54) is 49.8 Å². The second-order valence-electron chi connectivity index (χ2n) is 12.2. The summed E-state index contributed by atoms with van der Waals surface area (Å²) in [7, 11) is 0. The van der Waals surface area contributed by atoms with E-state index in [-0.39, 0.29) is 11.6 Å². The number of imidazole rings is 1. The lowest BCUT2D eigenvalue weighted by atomic mass is 9.90. The van der Waals surface area contributed by atoms with Crippen LogP contribution >= 0.6 is 0 Å². The maximum Gasteiger partial charge on any atom is 0.269 e. The quantitative estimate of drug-likeness (QED) is 0.129. The summed E-state index contributed by atoms with van der Waals surface area (Å²) in [5.41, 5.74) is 6.29. The van der Waals surface area contributed by atoms with Gasteiger partial charge in [-0.3, -0.25) is 19.9 Å². The topological polar surface area (TPSA) is 120 Å². The third-order valence-corrected chi connectivity index (χ3v) is 9.16. The molecular formula is C35H37N7O3. The Morgan fingerprint density at radius 1 is 0.933 bits per heavy atom. The Labute approximate surface area is 262 Å². The molecule has 4 heterocycles. The summed E-state index contributed by atoms with van der Waals surface area (Å²) in [5, 5.41) is 14.5. The molecule has 1 aromatic heterocycles. The SMILES string of the molecule is O=C1Nc2ccc([N+](=O)[O-])cc2C1C(=Nc1ccc(-c2cnc(N3CCCCC3)[nH]2)cc1)c1ccc(CCN2CCCC2)cc1. The second-order valence-corrected chi connectivity index (χ2v) is 12.2. The van der Waals surface area contributed by atoms with Gasteiger partial charge in [0.15, 0.2) is 0 Å². The predicted molar refractivity (Wildman–Crippen MR) is 177 cm³/mol. The zero-order chi connectivity index (χ0) is 30.8. The molecule has 1 amide bonds. The molecule has 3 aliphatic heterocycles. The average molecular weight is 604 g/mol. The normalized spacial score (nSPS) is 18.7. The van der Waals surface area contributed by atoms with Gasteiger partial charge in [0.05, 0.1) is 28.2 Å². The fraction of sp³-hybridized carbons (Fsp3) is 0.343. The molecule has 0 saturated carbocycles. The smallest absolute Gasteiger partial charge is 0.269 e. The molecule has 3 aliphatic rings. The van der Waals surface area contributed by atoms with E-state index in [9.17, 15) is 14.9 Å². The third-order valence-electron chi connectivity index (χ3n) is 9.16. The minimum absolute atomic E-state index is 0.0558. The monoisotopic (exact) mass is 603 g/mol. The zero-order valence-corrected chi connectivity index (χ0v) is 25.2. The van der Waals surface area contributed by atoms with Crippen molar-refractivity contribution in [2.45, 2.75) is 44.4 Å². The number of rotatable bonds is 9. The first-order valence-electron chi connectivity index (χ1n) is 15.9. The number of benzene rings is 3. The molecule has 7 rings (SSSR count). The highest BCUT2D eigenvalue weighted by Gasteiger charge is 2.36. The van der Waals surface area contributed by atoms with Gasteiger partial charge in [0.25, 0.3) is 5.69 Å². The van der Waals surface area contributed by atoms with Crippen molar-refractivity contribution in [2.24, 2.45) is 4.99 Å². The van der Waals surface area contributed by atoms with Crippen LogP contribution in [0.1, 0.15) is 54.7 Å². The first-order valence-corrected chi connectivity index (χ1v) is 15.9. The summed E-state index contributed by atoms with van der Waals surface area (Å²) >= 11 is 0. The number of fused-ring (bicyclic) bond motifs is 1. The Hall–Kier alpha value is -4.83. The number of nitro groups is 1. The van der Waals surface area contributed by atoms with Crippen LogP contribution < -0.4 is 10.2 Å². The molecule has 10 nitrogen and oxygen atoms in total. The molecule has 3 aromatic carbocycles. The van der Waals surface area contributed by atoms with Gasteiger partial charge in [-0.15, -0.1) is 0 Å². The fourth-order valence-corrected chi connectivity index (χ4v) is 6.64. The number of nitro benzene ring substituents is 1. The van der Waals surface area contributed by atoms with Gasteiger partial charge in [0, 0.05) is 43.0 Å². The molecule has 2 fully saturated rings. The van der Waals surface area contributed by atoms with Crippen LogP contribution in [-0.4, -0.2) is 64.1 Å². The number of hydrogen-bond acceptors (Lipinski definition) is 7. The number of H-pyrrole nitrogens is 1. The van der Waals surface area contributed by atoms with E-state index < -0.39 is 10.8 Å². The number of likely N-dealkylation sites (tertiary alicyclic amines) is 1. The molecule has 1 unspecified atom stereocenters. The summed E-state index contributed by atoms with van der Waals surface area (Å²) in [6.07, 6.45) is 9.00. The van der Waals surface area contributed by atoms with Crippen molar-refractivity contribution in [3.05, 3.63) is 99.7 Å². The number of amides is 1. The van der Waals surface area contributed by atoms with Gasteiger partial charge in [-0.1, -0.05) is 36.4 Å². The van der Waals surface area contributed by atoms with Gasteiger partial charge in [-0.05, 0) is 86.5 Å². The molecule has 0 radical (unpaired) electrons. The molecule has 1 atom stereocenters. The Balaban J connectivity index is 1.20. The van der Waals surface area contributed by atoms with Crippen LogP contribution in [-0.2, 0) is 11.2 Å². The van der Waals surface area contributed by atoms with Gasteiger partial charge in [-0.2, -0.15) is 0 Å². The van der Waals surface area contributed by atoms with Crippen LogP contribution in [0.2, 0.25) is 0 Å². The predicted octanol–water partition coefficient (Wildman–Crippen LogP) is 6.47. The number of piperidine rings is 1. The lowest BCUT2D eigenvalue weighted by Gasteiger charge is -2.25. The van der Waals surface area contributed by atoms with E-state index in [2.05, 4.69) is 37.2 Å². The highest BCUT2D eigenvalue weighted by molar-refractivity contribution is 6.24. The Morgan fingerprint density at radius 3 is 2.40 bits per heavy atom. The number of anilines is 2. The summed E-state index contributed by atoms with van der Waals surface area (Å²) in [6, 6.07) is 20.6. The molecule has 230 valence electrons. The van der Waals surface area contributed by atoms with E-state index in [1.54, 1.807) is 6.07 Å². The van der Waals surface area contributed by atoms with Crippen LogP contribution in [0.25, 0.3) is 11.3 Å². The van der Waals surface area contributed by atoms with Crippen molar-refractivity contribution in [1.29, 1.82) is 0 Å². The van der Waals surface area contributed by atoms with Gasteiger partial charge < -0.3 is 20.1 Å². The van der Waals surface area contributed by atoms with Crippen molar-refractivity contribution in [2.75, 3.05) is 42.9 Å². The molecule has 0 bridgehead atoms. The Kier molecular flexibility index (Phi) is 8.13. The van der Waals surface area contributed by atoms with Crippen molar-refractivity contribution >= 4 is 34.6 Å². The maximum absolute atomic E-state index is 13.4. The van der Waals surface area contributed by atoms with Gasteiger partial charge in [0.1, 0.15) is 5.92 Å². The van der Waals surface area contributed by atoms with Crippen LogP contribution in [0.4, 0.5) is 23.0 Å². The van der Waals surface area contributed by atoms with E-state index in [0.29, 0.717) is 22.6 Å². The molecule has 2 N–H and O–H groups in total. The van der Waals surface area contributed by atoms with Gasteiger partial charge in [0.2, 0.25) is 11.9 Å². The molecular weight excluding hydrogens is 566 g/mol. The van der Waals surface area contributed by atoms with Gasteiger partial charge in [-0.25, -0.2) is 4.98 Å².